The van der Waals surface area contributed by atoms with Crippen LogP contribution in [-0.4, -0.2) is 17.0 Å². The van der Waals surface area contributed by atoms with Crippen molar-refractivity contribution in [3.8, 4) is 0 Å². The maximum atomic E-state index is 10.4. The van der Waals surface area contributed by atoms with E-state index in [9.17, 15) is 9.90 Å². The summed E-state index contributed by atoms with van der Waals surface area (Å²) in [6.07, 6.45) is 2.69. The molecule has 2 heteroatoms. The smallest absolute Gasteiger partial charge is 0.125 e. The van der Waals surface area contributed by atoms with Gasteiger partial charge in [-0.05, 0) is 25.7 Å². The number of hydrogen-bond donors (Lipinski definition) is 1. The van der Waals surface area contributed by atoms with E-state index < -0.39 is 5.60 Å². The molecule has 0 aromatic rings. The van der Waals surface area contributed by atoms with Crippen LogP contribution in [0.15, 0.2) is 0 Å². The monoisotopic (exact) mass is 142 g/mol. The summed E-state index contributed by atoms with van der Waals surface area (Å²) in [6.45, 7) is 3.74. The standard InChI is InChI=1S/C8H14O2/c1-6-3-4-7(5-9)8(6,2)10/h5-7,10H,3-4H2,1-2H3. The summed E-state index contributed by atoms with van der Waals surface area (Å²) in [5, 5.41) is 9.69. The Bertz CT molecular complexity index is 140. The van der Waals surface area contributed by atoms with Crippen LogP contribution >= 0.6 is 0 Å². The van der Waals surface area contributed by atoms with Gasteiger partial charge in [0.15, 0.2) is 0 Å². The highest BCUT2D eigenvalue weighted by Crippen LogP contribution is 2.38. The topological polar surface area (TPSA) is 37.3 Å². The number of aliphatic hydroxyl groups is 1. The highest BCUT2D eigenvalue weighted by Gasteiger charge is 2.42. The van der Waals surface area contributed by atoms with Crippen molar-refractivity contribution in [2.24, 2.45) is 11.8 Å². The summed E-state index contributed by atoms with van der Waals surface area (Å²) in [4.78, 5) is 10.4. The third-order valence-corrected chi connectivity index (χ3v) is 2.82. The van der Waals surface area contributed by atoms with Crippen molar-refractivity contribution >= 4 is 6.29 Å². The molecule has 0 heterocycles. The van der Waals surface area contributed by atoms with Gasteiger partial charge in [-0.3, -0.25) is 0 Å². The van der Waals surface area contributed by atoms with Crippen molar-refractivity contribution in [1.29, 1.82) is 0 Å². The second kappa shape index (κ2) is 2.35. The van der Waals surface area contributed by atoms with Crippen LogP contribution in [-0.2, 0) is 4.79 Å². The number of aldehydes is 1. The second-order valence-electron chi connectivity index (χ2n) is 3.45. The maximum Gasteiger partial charge on any atom is 0.125 e. The van der Waals surface area contributed by atoms with E-state index in [0.29, 0.717) is 0 Å². The third-order valence-electron chi connectivity index (χ3n) is 2.82. The van der Waals surface area contributed by atoms with E-state index in [1.165, 1.54) is 0 Å². The molecule has 0 saturated heterocycles. The van der Waals surface area contributed by atoms with Crippen LogP contribution in [0.25, 0.3) is 0 Å². The van der Waals surface area contributed by atoms with Crippen LogP contribution in [0.5, 0.6) is 0 Å². The van der Waals surface area contributed by atoms with Gasteiger partial charge in [0, 0.05) is 5.92 Å². The zero-order chi connectivity index (χ0) is 7.78. The number of rotatable bonds is 1. The Balaban J connectivity index is 2.73. The molecule has 0 radical (unpaired) electrons. The average Bonchev–Trinajstić information content (AvgIpc) is 2.10. The fourth-order valence-corrected chi connectivity index (χ4v) is 1.59. The van der Waals surface area contributed by atoms with Crippen molar-refractivity contribution in [3.05, 3.63) is 0 Å². The molecule has 1 rings (SSSR count). The van der Waals surface area contributed by atoms with Crippen LogP contribution in [0.3, 0.4) is 0 Å². The van der Waals surface area contributed by atoms with E-state index in [1.54, 1.807) is 6.92 Å². The van der Waals surface area contributed by atoms with Crippen LogP contribution < -0.4 is 0 Å². The molecule has 1 saturated carbocycles. The van der Waals surface area contributed by atoms with Gasteiger partial charge >= 0.3 is 0 Å². The molecule has 3 unspecified atom stereocenters. The highest BCUT2D eigenvalue weighted by atomic mass is 16.3. The van der Waals surface area contributed by atoms with Gasteiger partial charge in [0.05, 0.1) is 5.60 Å². The lowest BCUT2D eigenvalue weighted by atomic mass is 9.88. The van der Waals surface area contributed by atoms with Crippen LogP contribution in [0.2, 0.25) is 0 Å². The van der Waals surface area contributed by atoms with E-state index in [-0.39, 0.29) is 11.8 Å². The van der Waals surface area contributed by atoms with Crippen LogP contribution in [0.1, 0.15) is 26.7 Å². The summed E-state index contributed by atoms with van der Waals surface area (Å²) in [5.41, 5.74) is -0.748. The largest absolute Gasteiger partial charge is 0.389 e. The van der Waals surface area contributed by atoms with Gasteiger partial charge in [0.2, 0.25) is 0 Å². The molecule has 0 aromatic carbocycles. The lowest BCUT2D eigenvalue weighted by Gasteiger charge is -2.25. The fraction of sp³-hybridized carbons (Fsp3) is 0.875. The average molecular weight is 142 g/mol. The minimum atomic E-state index is -0.748. The Labute approximate surface area is 61.2 Å². The number of carbonyl (C=O) groups excluding carboxylic acids is 1. The molecule has 3 atom stereocenters. The first kappa shape index (κ1) is 7.73. The van der Waals surface area contributed by atoms with E-state index >= 15 is 0 Å². The summed E-state index contributed by atoms with van der Waals surface area (Å²) >= 11 is 0. The number of carbonyl (C=O) groups is 1. The Kier molecular flexibility index (Phi) is 1.82. The molecular formula is C8H14O2. The Morgan fingerprint density at radius 2 is 2.20 bits per heavy atom. The zero-order valence-electron chi connectivity index (χ0n) is 6.50. The summed E-state index contributed by atoms with van der Waals surface area (Å²) in [7, 11) is 0. The van der Waals surface area contributed by atoms with Crippen molar-refractivity contribution < 1.29 is 9.90 Å². The molecular weight excluding hydrogens is 128 g/mol. The predicted octanol–water partition coefficient (Wildman–Crippen LogP) is 0.982. The first-order chi connectivity index (χ1) is 4.59. The van der Waals surface area contributed by atoms with Gasteiger partial charge in [-0.15, -0.1) is 0 Å². The summed E-state index contributed by atoms with van der Waals surface area (Å²) in [6, 6.07) is 0. The fourth-order valence-electron chi connectivity index (χ4n) is 1.59. The molecule has 1 aliphatic carbocycles. The molecule has 0 spiro atoms. The Morgan fingerprint density at radius 3 is 2.40 bits per heavy atom. The van der Waals surface area contributed by atoms with E-state index in [0.717, 1.165) is 19.1 Å². The van der Waals surface area contributed by atoms with Gasteiger partial charge in [-0.25, -0.2) is 0 Å². The second-order valence-corrected chi connectivity index (χ2v) is 3.45. The van der Waals surface area contributed by atoms with E-state index in [4.69, 9.17) is 0 Å². The molecule has 1 N–H and O–H groups in total. The molecule has 58 valence electrons. The van der Waals surface area contributed by atoms with E-state index in [1.807, 2.05) is 6.92 Å². The first-order valence-electron chi connectivity index (χ1n) is 3.76. The lowest BCUT2D eigenvalue weighted by Crippen LogP contribution is -2.35. The first-order valence-corrected chi connectivity index (χ1v) is 3.76. The van der Waals surface area contributed by atoms with Gasteiger partial charge in [-0.2, -0.15) is 0 Å². The van der Waals surface area contributed by atoms with Crippen molar-refractivity contribution in [2.75, 3.05) is 0 Å². The summed E-state index contributed by atoms with van der Waals surface area (Å²) < 4.78 is 0. The molecule has 0 aromatic heterocycles. The predicted molar refractivity (Wildman–Crippen MR) is 38.6 cm³/mol. The normalized spacial score (nSPS) is 47.5. The van der Waals surface area contributed by atoms with Gasteiger partial charge in [0.25, 0.3) is 0 Å². The molecule has 1 fully saturated rings. The van der Waals surface area contributed by atoms with Crippen molar-refractivity contribution in [3.63, 3.8) is 0 Å². The Hall–Kier alpha value is -0.370. The molecule has 1 aliphatic rings. The molecule has 2 nitrogen and oxygen atoms in total. The van der Waals surface area contributed by atoms with Gasteiger partial charge < -0.3 is 9.90 Å². The van der Waals surface area contributed by atoms with Crippen LogP contribution in [0.4, 0.5) is 0 Å². The minimum Gasteiger partial charge on any atom is -0.389 e. The maximum absolute atomic E-state index is 10.4. The minimum absolute atomic E-state index is 0.137. The van der Waals surface area contributed by atoms with Crippen LogP contribution in [0, 0.1) is 11.8 Å². The van der Waals surface area contributed by atoms with Crippen molar-refractivity contribution in [1.82, 2.24) is 0 Å². The molecule has 0 aliphatic heterocycles. The molecule has 0 bridgehead atoms. The van der Waals surface area contributed by atoms with Crippen molar-refractivity contribution in [2.45, 2.75) is 32.3 Å². The molecule has 0 amide bonds. The van der Waals surface area contributed by atoms with E-state index in [2.05, 4.69) is 0 Å². The number of hydrogen-bond acceptors (Lipinski definition) is 2. The lowest BCUT2D eigenvalue weighted by molar-refractivity contribution is -0.118. The molecule has 10 heavy (non-hydrogen) atoms. The quantitative estimate of drug-likeness (QED) is 0.554. The zero-order valence-corrected chi connectivity index (χ0v) is 6.50. The Morgan fingerprint density at radius 1 is 1.60 bits per heavy atom. The van der Waals surface area contributed by atoms with Gasteiger partial charge in [-0.1, -0.05) is 6.92 Å². The third kappa shape index (κ3) is 0.966. The van der Waals surface area contributed by atoms with Gasteiger partial charge in [0.1, 0.15) is 6.29 Å². The SMILES string of the molecule is CC1CCC(C=O)C1(C)O. The highest BCUT2D eigenvalue weighted by molar-refractivity contribution is 5.56. The summed E-state index contributed by atoms with van der Waals surface area (Å²) in [5.74, 6) is 0.130.